The Kier molecular flexibility index (Phi) is 5.10. The van der Waals surface area contributed by atoms with Gasteiger partial charge in [-0.2, -0.15) is 5.10 Å². The zero-order valence-corrected chi connectivity index (χ0v) is 16.2. The quantitative estimate of drug-likeness (QED) is 0.851. The van der Waals surface area contributed by atoms with Crippen molar-refractivity contribution < 1.29 is 23.1 Å². The van der Waals surface area contributed by atoms with Gasteiger partial charge in [-0.25, -0.2) is 13.6 Å². The fourth-order valence-electron chi connectivity index (χ4n) is 2.99. The fourth-order valence-corrected chi connectivity index (χ4v) is 2.99. The van der Waals surface area contributed by atoms with Crippen LogP contribution in [0.5, 0.6) is 0 Å². The standard InChI is InChI=1S/C19H22F2N4O3/c1-19(2,3)28-18(27)25-8-7-15-13(10-25)16(24(4)23-15)22-17(26)12-6-5-11(20)9-14(12)21/h5-6,9H,7-8,10H2,1-4H3,(H,22,26). The average Bonchev–Trinajstić information content (AvgIpc) is 2.88. The third-order valence-corrected chi connectivity index (χ3v) is 4.26. The summed E-state index contributed by atoms with van der Waals surface area (Å²) in [5.74, 6) is -2.08. The van der Waals surface area contributed by atoms with Gasteiger partial charge in [0.05, 0.1) is 17.8 Å². The molecule has 9 heteroatoms. The minimum absolute atomic E-state index is 0.208. The second kappa shape index (κ2) is 7.21. The van der Waals surface area contributed by atoms with Gasteiger partial charge in [0.1, 0.15) is 23.1 Å². The predicted octanol–water partition coefficient (Wildman–Crippen LogP) is 3.24. The molecule has 2 heterocycles. The normalized spacial score (nSPS) is 13.9. The number of fused-ring (bicyclic) bond motifs is 1. The Labute approximate surface area is 161 Å². The molecule has 1 aromatic heterocycles. The molecule has 1 aliphatic heterocycles. The number of carbonyl (C=O) groups excluding carboxylic acids is 2. The molecular weight excluding hydrogens is 370 g/mol. The number of aryl methyl sites for hydroxylation is 1. The summed E-state index contributed by atoms with van der Waals surface area (Å²) >= 11 is 0. The summed E-state index contributed by atoms with van der Waals surface area (Å²) in [6, 6.07) is 2.74. The first-order valence-corrected chi connectivity index (χ1v) is 8.84. The summed E-state index contributed by atoms with van der Waals surface area (Å²) in [4.78, 5) is 26.4. The maximum atomic E-state index is 13.9. The SMILES string of the molecule is Cn1nc2c(c1NC(=O)c1ccc(F)cc1F)CN(C(=O)OC(C)(C)C)CC2. The number of amides is 2. The molecule has 0 saturated carbocycles. The van der Waals surface area contributed by atoms with E-state index in [-0.39, 0.29) is 12.1 Å². The van der Waals surface area contributed by atoms with Crippen LogP contribution < -0.4 is 5.32 Å². The summed E-state index contributed by atoms with van der Waals surface area (Å²) in [5, 5.41) is 7.00. The Balaban J connectivity index is 1.82. The molecule has 2 amide bonds. The maximum Gasteiger partial charge on any atom is 0.410 e. The van der Waals surface area contributed by atoms with E-state index in [1.807, 2.05) is 0 Å². The smallest absolute Gasteiger partial charge is 0.410 e. The minimum Gasteiger partial charge on any atom is -0.444 e. The highest BCUT2D eigenvalue weighted by Gasteiger charge is 2.30. The first-order valence-electron chi connectivity index (χ1n) is 8.84. The Morgan fingerprint density at radius 2 is 1.96 bits per heavy atom. The van der Waals surface area contributed by atoms with Crippen LogP contribution in [0.15, 0.2) is 18.2 Å². The molecule has 7 nitrogen and oxygen atoms in total. The van der Waals surface area contributed by atoms with E-state index >= 15 is 0 Å². The molecule has 1 aromatic carbocycles. The van der Waals surface area contributed by atoms with Gasteiger partial charge < -0.3 is 15.0 Å². The van der Waals surface area contributed by atoms with Crippen LogP contribution in [0.25, 0.3) is 0 Å². The van der Waals surface area contributed by atoms with Crippen molar-refractivity contribution in [3.8, 4) is 0 Å². The van der Waals surface area contributed by atoms with Gasteiger partial charge in [-0.1, -0.05) is 0 Å². The van der Waals surface area contributed by atoms with Crippen molar-refractivity contribution in [3.05, 3.63) is 46.7 Å². The van der Waals surface area contributed by atoms with Crippen molar-refractivity contribution in [1.82, 2.24) is 14.7 Å². The van der Waals surface area contributed by atoms with Crippen LogP contribution in [0.2, 0.25) is 0 Å². The number of hydrogen-bond acceptors (Lipinski definition) is 4. The number of hydrogen-bond donors (Lipinski definition) is 1. The van der Waals surface area contributed by atoms with E-state index < -0.39 is 29.2 Å². The molecule has 0 spiro atoms. The van der Waals surface area contributed by atoms with Crippen molar-refractivity contribution in [2.24, 2.45) is 7.05 Å². The van der Waals surface area contributed by atoms with Crippen molar-refractivity contribution in [3.63, 3.8) is 0 Å². The highest BCUT2D eigenvalue weighted by molar-refractivity contribution is 6.04. The van der Waals surface area contributed by atoms with Crippen molar-refractivity contribution in [1.29, 1.82) is 0 Å². The lowest BCUT2D eigenvalue weighted by molar-refractivity contribution is 0.0224. The van der Waals surface area contributed by atoms with E-state index in [0.717, 1.165) is 17.8 Å². The molecule has 3 rings (SSSR count). The van der Waals surface area contributed by atoms with Crippen LogP contribution in [0, 0.1) is 11.6 Å². The molecule has 0 atom stereocenters. The molecule has 0 unspecified atom stereocenters. The molecule has 150 valence electrons. The molecule has 1 N–H and O–H groups in total. The minimum atomic E-state index is -0.955. The second-order valence-corrected chi connectivity index (χ2v) is 7.63. The summed E-state index contributed by atoms with van der Waals surface area (Å²) < 4.78 is 33.9. The van der Waals surface area contributed by atoms with Crippen molar-refractivity contribution in [2.75, 3.05) is 11.9 Å². The zero-order chi connectivity index (χ0) is 20.6. The van der Waals surface area contributed by atoms with Gasteiger partial charge in [0.25, 0.3) is 5.91 Å². The maximum absolute atomic E-state index is 13.9. The summed E-state index contributed by atoms with van der Waals surface area (Å²) in [6.45, 7) is 6.01. The van der Waals surface area contributed by atoms with Gasteiger partial charge in [0, 0.05) is 31.6 Å². The van der Waals surface area contributed by atoms with E-state index in [0.29, 0.717) is 30.4 Å². The van der Waals surface area contributed by atoms with E-state index in [1.165, 1.54) is 9.58 Å². The summed E-state index contributed by atoms with van der Waals surface area (Å²) in [5.41, 5.74) is 0.507. The number of benzene rings is 1. The highest BCUT2D eigenvalue weighted by Crippen LogP contribution is 2.27. The number of nitrogens with zero attached hydrogens (tertiary/aromatic N) is 3. The predicted molar refractivity (Wildman–Crippen MR) is 97.9 cm³/mol. The first-order chi connectivity index (χ1) is 13.0. The topological polar surface area (TPSA) is 76.5 Å². The Hall–Kier alpha value is -2.97. The number of rotatable bonds is 2. The van der Waals surface area contributed by atoms with E-state index in [9.17, 15) is 18.4 Å². The number of ether oxygens (including phenoxy) is 1. The van der Waals surface area contributed by atoms with Gasteiger partial charge >= 0.3 is 6.09 Å². The van der Waals surface area contributed by atoms with Crippen molar-refractivity contribution >= 4 is 17.8 Å². The van der Waals surface area contributed by atoms with Gasteiger partial charge in [-0.3, -0.25) is 9.48 Å². The third kappa shape index (κ3) is 4.13. The zero-order valence-electron chi connectivity index (χ0n) is 16.2. The highest BCUT2D eigenvalue weighted by atomic mass is 19.1. The lowest BCUT2D eigenvalue weighted by atomic mass is 10.1. The number of nitrogens with one attached hydrogen (secondary N) is 1. The Morgan fingerprint density at radius 1 is 1.25 bits per heavy atom. The third-order valence-electron chi connectivity index (χ3n) is 4.26. The second-order valence-electron chi connectivity index (χ2n) is 7.63. The van der Waals surface area contributed by atoms with Crippen LogP contribution in [-0.2, 0) is 24.8 Å². The largest absolute Gasteiger partial charge is 0.444 e. The van der Waals surface area contributed by atoms with E-state index in [2.05, 4.69) is 10.4 Å². The monoisotopic (exact) mass is 392 g/mol. The molecule has 0 fully saturated rings. The molecule has 0 aliphatic carbocycles. The Morgan fingerprint density at radius 3 is 2.61 bits per heavy atom. The van der Waals surface area contributed by atoms with E-state index in [1.54, 1.807) is 27.8 Å². The molecule has 0 radical (unpaired) electrons. The van der Waals surface area contributed by atoms with Crippen LogP contribution in [0.1, 0.15) is 42.4 Å². The van der Waals surface area contributed by atoms with Crippen LogP contribution in [0.4, 0.5) is 19.4 Å². The molecule has 0 bridgehead atoms. The molecule has 1 aliphatic rings. The van der Waals surface area contributed by atoms with E-state index in [4.69, 9.17) is 4.74 Å². The molecule has 2 aromatic rings. The molecule has 28 heavy (non-hydrogen) atoms. The summed E-state index contributed by atoms with van der Waals surface area (Å²) in [7, 11) is 1.65. The van der Waals surface area contributed by atoms with Gasteiger partial charge in [0.2, 0.25) is 0 Å². The van der Waals surface area contributed by atoms with Gasteiger partial charge in [-0.05, 0) is 32.9 Å². The van der Waals surface area contributed by atoms with Crippen molar-refractivity contribution in [2.45, 2.75) is 39.3 Å². The Bertz CT molecular complexity index is 934. The summed E-state index contributed by atoms with van der Waals surface area (Å²) in [6.07, 6.45) is 0.0484. The number of halogens is 2. The lowest BCUT2D eigenvalue weighted by Crippen LogP contribution is -2.40. The fraction of sp³-hybridized carbons (Fsp3) is 0.421. The first kappa shape index (κ1) is 19.8. The van der Waals surface area contributed by atoms with Crippen LogP contribution >= 0.6 is 0 Å². The number of anilines is 1. The lowest BCUT2D eigenvalue weighted by Gasteiger charge is -2.29. The molecular formula is C19H22F2N4O3. The van der Waals surface area contributed by atoms with Gasteiger partial charge in [-0.15, -0.1) is 0 Å². The average molecular weight is 392 g/mol. The molecule has 0 saturated heterocycles. The van der Waals surface area contributed by atoms with Crippen LogP contribution in [0.3, 0.4) is 0 Å². The van der Waals surface area contributed by atoms with Crippen LogP contribution in [-0.4, -0.2) is 38.8 Å². The number of aromatic nitrogens is 2. The van der Waals surface area contributed by atoms with Gasteiger partial charge in [0.15, 0.2) is 0 Å². The number of carbonyl (C=O) groups is 2.